The number of amides is 1. The van der Waals surface area contributed by atoms with Crippen molar-refractivity contribution in [3.8, 4) is 0 Å². The second-order valence-corrected chi connectivity index (χ2v) is 4.19. The maximum absolute atomic E-state index is 12.1. The highest BCUT2D eigenvalue weighted by Gasteiger charge is 2.37. The molecule has 1 N–H and O–H groups in total. The molecule has 0 radical (unpaired) electrons. The molecule has 1 atom stereocenters. The number of carbonyl (C=O) groups excluding carboxylic acids is 1. The van der Waals surface area contributed by atoms with Crippen LogP contribution in [0.3, 0.4) is 0 Å². The lowest BCUT2D eigenvalue weighted by atomic mass is 10.1. The van der Waals surface area contributed by atoms with Crippen LogP contribution in [0.15, 0.2) is 24.3 Å². The van der Waals surface area contributed by atoms with E-state index in [-0.39, 0.29) is 12.3 Å². The van der Waals surface area contributed by atoms with Crippen molar-refractivity contribution in [2.24, 2.45) is 0 Å². The first-order valence-electron chi connectivity index (χ1n) is 5.77. The van der Waals surface area contributed by atoms with Crippen molar-refractivity contribution in [1.82, 2.24) is 0 Å². The molecule has 0 saturated heterocycles. The number of fused-ring (bicyclic) bond motifs is 1. The third-order valence-corrected chi connectivity index (χ3v) is 3.05. The van der Waals surface area contributed by atoms with Gasteiger partial charge in [-0.1, -0.05) is 18.2 Å². The maximum Gasteiger partial charge on any atom is 0.327 e. The van der Waals surface area contributed by atoms with Crippen LogP contribution in [0.25, 0.3) is 0 Å². The van der Waals surface area contributed by atoms with E-state index in [2.05, 4.69) is 0 Å². The summed E-state index contributed by atoms with van der Waals surface area (Å²) in [6.45, 7) is 0.295. The van der Waals surface area contributed by atoms with Gasteiger partial charge < -0.3 is 9.84 Å². The molecule has 5 heteroatoms. The average molecular weight is 249 g/mol. The normalized spacial score (nSPS) is 17.6. The highest BCUT2D eigenvalue weighted by Crippen LogP contribution is 2.32. The second-order valence-electron chi connectivity index (χ2n) is 4.19. The second kappa shape index (κ2) is 5.18. The van der Waals surface area contributed by atoms with Crippen LogP contribution < -0.4 is 4.90 Å². The van der Waals surface area contributed by atoms with Crippen LogP contribution in [0.5, 0.6) is 0 Å². The molecule has 18 heavy (non-hydrogen) atoms. The Labute approximate surface area is 105 Å². The van der Waals surface area contributed by atoms with Crippen molar-refractivity contribution in [1.29, 1.82) is 0 Å². The standard InChI is InChI=1S/C13H15NO4/c1-18-7-6-12(15)14-10-5-3-2-4-9(10)8-11(14)13(16)17/h2-5,11H,6-8H2,1H3,(H,16,17)/t11-/m0/s1. The Hall–Kier alpha value is -1.88. The molecule has 96 valence electrons. The molecule has 0 bridgehead atoms. The fourth-order valence-electron chi connectivity index (χ4n) is 2.20. The molecule has 1 aromatic rings. The molecule has 0 aromatic heterocycles. The third kappa shape index (κ3) is 2.22. The van der Waals surface area contributed by atoms with Crippen molar-refractivity contribution >= 4 is 17.6 Å². The summed E-state index contributed by atoms with van der Waals surface area (Å²) in [4.78, 5) is 24.7. The van der Waals surface area contributed by atoms with Crippen molar-refractivity contribution in [3.05, 3.63) is 29.8 Å². The molecule has 1 aromatic carbocycles. The summed E-state index contributed by atoms with van der Waals surface area (Å²) in [5, 5.41) is 9.20. The molecule has 0 fully saturated rings. The Balaban J connectivity index is 2.28. The van der Waals surface area contributed by atoms with Crippen LogP contribution in [0.1, 0.15) is 12.0 Å². The molecular formula is C13H15NO4. The highest BCUT2D eigenvalue weighted by atomic mass is 16.5. The topological polar surface area (TPSA) is 66.8 Å². The van der Waals surface area contributed by atoms with E-state index < -0.39 is 12.0 Å². The van der Waals surface area contributed by atoms with Crippen molar-refractivity contribution in [2.45, 2.75) is 18.9 Å². The number of rotatable bonds is 4. The van der Waals surface area contributed by atoms with Crippen LogP contribution in [0.4, 0.5) is 5.69 Å². The van der Waals surface area contributed by atoms with Gasteiger partial charge in [0, 0.05) is 19.2 Å². The van der Waals surface area contributed by atoms with E-state index in [4.69, 9.17) is 4.74 Å². The zero-order valence-electron chi connectivity index (χ0n) is 10.1. The number of nitrogens with zero attached hydrogens (tertiary/aromatic N) is 1. The number of carboxylic acids is 1. The minimum atomic E-state index is -0.975. The van der Waals surface area contributed by atoms with Gasteiger partial charge in [0.2, 0.25) is 5.91 Å². The summed E-state index contributed by atoms with van der Waals surface area (Å²) in [7, 11) is 1.51. The fourth-order valence-corrected chi connectivity index (χ4v) is 2.20. The minimum absolute atomic E-state index is 0.189. The molecule has 0 spiro atoms. The SMILES string of the molecule is COCCC(=O)N1c2ccccc2C[C@H]1C(=O)O. The number of methoxy groups -OCH3 is 1. The lowest BCUT2D eigenvalue weighted by Gasteiger charge is -2.22. The predicted octanol–water partition coefficient (Wildman–Crippen LogP) is 1.07. The number of carboxylic acid groups (broad SMARTS) is 1. The van der Waals surface area contributed by atoms with Crippen molar-refractivity contribution in [3.63, 3.8) is 0 Å². The Bertz CT molecular complexity index is 472. The molecule has 0 saturated carbocycles. The summed E-state index contributed by atoms with van der Waals surface area (Å²) >= 11 is 0. The van der Waals surface area contributed by atoms with Gasteiger partial charge in [-0.05, 0) is 11.6 Å². The number of anilines is 1. The number of carbonyl (C=O) groups is 2. The van der Waals surface area contributed by atoms with Gasteiger partial charge in [0.05, 0.1) is 13.0 Å². The Kier molecular flexibility index (Phi) is 3.62. The first-order valence-corrected chi connectivity index (χ1v) is 5.77. The van der Waals surface area contributed by atoms with Gasteiger partial charge in [0.25, 0.3) is 0 Å². The first kappa shape index (κ1) is 12.6. The van der Waals surface area contributed by atoms with Gasteiger partial charge in [-0.25, -0.2) is 4.79 Å². The van der Waals surface area contributed by atoms with Crippen LogP contribution in [-0.4, -0.2) is 36.7 Å². The fraction of sp³-hybridized carbons (Fsp3) is 0.385. The molecule has 0 unspecified atom stereocenters. The van der Waals surface area contributed by atoms with E-state index in [9.17, 15) is 14.7 Å². The zero-order valence-corrected chi connectivity index (χ0v) is 10.1. The maximum atomic E-state index is 12.1. The zero-order chi connectivity index (χ0) is 13.1. The Morgan fingerprint density at radius 1 is 1.44 bits per heavy atom. The molecule has 1 heterocycles. The van der Waals surface area contributed by atoms with E-state index in [0.29, 0.717) is 18.7 Å². The monoisotopic (exact) mass is 249 g/mol. The minimum Gasteiger partial charge on any atom is -0.480 e. The summed E-state index contributed by atoms with van der Waals surface area (Å²) < 4.78 is 4.86. The van der Waals surface area contributed by atoms with E-state index in [0.717, 1.165) is 5.56 Å². The summed E-state index contributed by atoms with van der Waals surface area (Å²) in [6, 6.07) is 6.49. The van der Waals surface area contributed by atoms with Gasteiger partial charge in [0.1, 0.15) is 6.04 Å². The number of para-hydroxylation sites is 1. The Morgan fingerprint density at radius 2 is 2.17 bits per heavy atom. The van der Waals surface area contributed by atoms with Gasteiger partial charge in [-0.3, -0.25) is 9.69 Å². The molecule has 1 aliphatic rings. The van der Waals surface area contributed by atoms with E-state index >= 15 is 0 Å². The average Bonchev–Trinajstić information content (AvgIpc) is 2.75. The van der Waals surface area contributed by atoms with Crippen LogP contribution >= 0.6 is 0 Å². The van der Waals surface area contributed by atoms with Gasteiger partial charge in [-0.15, -0.1) is 0 Å². The molecule has 2 rings (SSSR count). The van der Waals surface area contributed by atoms with Gasteiger partial charge in [0.15, 0.2) is 0 Å². The van der Waals surface area contributed by atoms with Gasteiger partial charge in [-0.2, -0.15) is 0 Å². The van der Waals surface area contributed by atoms with Crippen molar-refractivity contribution < 1.29 is 19.4 Å². The lowest BCUT2D eigenvalue weighted by molar-refractivity contribution is -0.140. The smallest absolute Gasteiger partial charge is 0.327 e. The van der Waals surface area contributed by atoms with Crippen LogP contribution in [-0.2, 0) is 20.7 Å². The predicted molar refractivity (Wildman–Crippen MR) is 65.5 cm³/mol. The largest absolute Gasteiger partial charge is 0.480 e. The highest BCUT2D eigenvalue weighted by molar-refractivity contribution is 6.01. The first-order chi connectivity index (χ1) is 8.65. The van der Waals surface area contributed by atoms with Crippen LogP contribution in [0, 0.1) is 0 Å². The summed E-state index contributed by atoms with van der Waals surface area (Å²) in [5.74, 6) is -1.19. The lowest BCUT2D eigenvalue weighted by Crippen LogP contribution is -2.43. The number of hydrogen-bond donors (Lipinski definition) is 1. The number of aliphatic carboxylic acids is 1. The van der Waals surface area contributed by atoms with Crippen molar-refractivity contribution in [2.75, 3.05) is 18.6 Å². The molecule has 1 amide bonds. The molecular weight excluding hydrogens is 234 g/mol. The number of ether oxygens (including phenoxy) is 1. The number of benzene rings is 1. The van der Waals surface area contributed by atoms with E-state index in [1.54, 1.807) is 12.1 Å². The Morgan fingerprint density at radius 3 is 2.83 bits per heavy atom. The molecule has 1 aliphatic heterocycles. The van der Waals surface area contributed by atoms with E-state index in [1.807, 2.05) is 12.1 Å². The number of hydrogen-bond acceptors (Lipinski definition) is 3. The van der Waals surface area contributed by atoms with Gasteiger partial charge >= 0.3 is 5.97 Å². The quantitative estimate of drug-likeness (QED) is 0.866. The molecule has 5 nitrogen and oxygen atoms in total. The molecule has 0 aliphatic carbocycles. The summed E-state index contributed by atoms with van der Waals surface area (Å²) in [5.41, 5.74) is 1.60. The third-order valence-electron chi connectivity index (χ3n) is 3.05. The van der Waals surface area contributed by atoms with E-state index in [1.165, 1.54) is 12.0 Å². The van der Waals surface area contributed by atoms with Crippen LogP contribution in [0.2, 0.25) is 0 Å². The summed E-state index contributed by atoms with van der Waals surface area (Å²) in [6.07, 6.45) is 0.554.